The maximum absolute atomic E-state index is 11.5. The Bertz CT molecular complexity index is 1250. The monoisotopic (exact) mass is 412 g/mol. The van der Waals surface area contributed by atoms with Crippen LogP contribution in [-0.2, 0) is 19.6 Å². The van der Waals surface area contributed by atoms with Crippen molar-refractivity contribution in [3.05, 3.63) is 101 Å². The smallest absolute Gasteiger partial charge is 0.336 e. The van der Waals surface area contributed by atoms with Gasteiger partial charge in [0.1, 0.15) is 5.82 Å². The first-order valence-corrected chi connectivity index (χ1v) is 10.2. The van der Waals surface area contributed by atoms with Crippen LogP contribution in [0, 0.1) is 0 Å². The van der Waals surface area contributed by atoms with Crippen molar-refractivity contribution in [1.29, 1.82) is 0 Å². The topological polar surface area (TPSA) is 75.4 Å². The van der Waals surface area contributed by atoms with Gasteiger partial charge in [-0.25, -0.2) is 9.78 Å². The third-order valence-corrected chi connectivity index (χ3v) is 5.37. The molecule has 0 unspecified atom stereocenters. The van der Waals surface area contributed by atoms with E-state index in [4.69, 9.17) is 4.98 Å². The van der Waals surface area contributed by atoms with Crippen molar-refractivity contribution < 1.29 is 15.0 Å². The van der Waals surface area contributed by atoms with Gasteiger partial charge >= 0.3 is 5.97 Å². The normalized spacial score (nSPS) is 11.4. The average Bonchev–Trinajstić information content (AvgIpc) is 3.14. The number of hydrogen-bond acceptors (Lipinski definition) is 3. The van der Waals surface area contributed by atoms with E-state index >= 15 is 0 Å². The standard InChI is InChI=1S/C26H24N2O3/c1-2-3-8-25-27-23-14-11-19(17-29)15-24(23)28(25)16-18-9-12-20(13-10-18)21-6-4-5-7-22(21)26(30)31/h2-7,9-15,29H,8,16-17H2,1H3,(H,30,31). The minimum absolute atomic E-state index is 0.0109. The molecule has 2 N–H and O–H groups in total. The Kier molecular flexibility index (Phi) is 5.96. The van der Waals surface area contributed by atoms with Crippen molar-refractivity contribution in [3.8, 4) is 11.1 Å². The molecule has 0 aliphatic rings. The van der Waals surface area contributed by atoms with Crippen LogP contribution in [0.5, 0.6) is 0 Å². The summed E-state index contributed by atoms with van der Waals surface area (Å²) >= 11 is 0. The first-order chi connectivity index (χ1) is 15.1. The van der Waals surface area contributed by atoms with Gasteiger partial charge < -0.3 is 14.8 Å². The summed E-state index contributed by atoms with van der Waals surface area (Å²) in [6.45, 7) is 2.62. The third kappa shape index (κ3) is 4.27. The van der Waals surface area contributed by atoms with E-state index in [0.29, 0.717) is 17.7 Å². The molecule has 4 aromatic rings. The number of hydrogen-bond donors (Lipinski definition) is 2. The number of carboxylic acid groups (broad SMARTS) is 1. The van der Waals surface area contributed by atoms with Crippen LogP contribution < -0.4 is 0 Å². The van der Waals surface area contributed by atoms with E-state index in [1.54, 1.807) is 12.1 Å². The van der Waals surface area contributed by atoms with Gasteiger partial charge in [0.25, 0.3) is 0 Å². The van der Waals surface area contributed by atoms with E-state index in [1.165, 1.54) is 0 Å². The fourth-order valence-corrected chi connectivity index (χ4v) is 3.77. The maximum Gasteiger partial charge on any atom is 0.336 e. The van der Waals surface area contributed by atoms with Gasteiger partial charge in [0.05, 0.1) is 23.2 Å². The second kappa shape index (κ2) is 8.98. The number of benzene rings is 3. The predicted octanol–water partition coefficient (Wildman–Crippen LogP) is 5.06. The molecular formula is C26H24N2O3. The van der Waals surface area contributed by atoms with Gasteiger partial charge in [-0.15, -0.1) is 0 Å². The maximum atomic E-state index is 11.5. The Labute approximate surface area is 180 Å². The molecule has 156 valence electrons. The molecule has 0 saturated carbocycles. The number of carboxylic acids is 1. The SMILES string of the molecule is CC=CCc1nc2ccc(CO)cc2n1Cc1ccc(-c2ccccc2C(=O)O)cc1. The quantitative estimate of drug-likeness (QED) is 0.416. The number of carbonyl (C=O) groups is 1. The van der Waals surface area contributed by atoms with E-state index in [9.17, 15) is 15.0 Å². The molecule has 0 radical (unpaired) electrons. The Balaban J connectivity index is 1.70. The lowest BCUT2D eigenvalue weighted by atomic mass is 9.99. The molecular weight excluding hydrogens is 388 g/mol. The highest BCUT2D eigenvalue weighted by Crippen LogP contribution is 2.25. The summed E-state index contributed by atoms with van der Waals surface area (Å²) in [5, 5.41) is 19.0. The van der Waals surface area contributed by atoms with E-state index in [0.717, 1.165) is 40.0 Å². The molecule has 1 aromatic heterocycles. The van der Waals surface area contributed by atoms with Crippen molar-refractivity contribution in [2.24, 2.45) is 0 Å². The molecule has 0 aliphatic heterocycles. The zero-order chi connectivity index (χ0) is 21.8. The number of nitrogens with zero attached hydrogens (tertiary/aromatic N) is 2. The first-order valence-electron chi connectivity index (χ1n) is 10.2. The van der Waals surface area contributed by atoms with Crippen LogP contribution in [0.1, 0.15) is 34.2 Å². The molecule has 0 aliphatic carbocycles. The van der Waals surface area contributed by atoms with E-state index in [2.05, 4.69) is 10.6 Å². The van der Waals surface area contributed by atoms with Gasteiger partial charge in [-0.3, -0.25) is 0 Å². The largest absolute Gasteiger partial charge is 0.478 e. The predicted molar refractivity (Wildman–Crippen MR) is 122 cm³/mol. The molecule has 3 aromatic carbocycles. The molecule has 5 nitrogen and oxygen atoms in total. The number of aliphatic hydroxyl groups is 1. The zero-order valence-electron chi connectivity index (χ0n) is 17.3. The third-order valence-electron chi connectivity index (χ3n) is 5.37. The molecule has 0 saturated heterocycles. The number of aliphatic hydroxyl groups excluding tert-OH is 1. The van der Waals surface area contributed by atoms with Crippen molar-refractivity contribution in [1.82, 2.24) is 9.55 Å². The van der Waals surface area contributed by atoms with E-state index in [-0.39, 0.29) is 6.61 Å². The number of allylic oxidation sites excluding steroid dienone is 2. The number of fused-ring (bicyclic) bond motifs is 1. The number of aromatic nitrogens is 2. The lowest BCUT2D eigenvalue weighted by Gasteiger charge is -2.11. The number of aromatic carboxylic acids is 1. The van der Waals surface area contributed by atoms with Crippen molar-refractivity contribution in [2.45, 2.75) is 26.5 Å². The fraction of sp³-hybridized carbons (Fsp3) is 0.154. The highest BCUT2D eigenvalue weighted by molar-refractivity contribution is 5.96. The molecule has 0 spiro atoms. The zero-order valence-corrected chi connectivity index (χ0v) is 17.3. The molecule has 0 fully saturated rings. The summed E-state index contributed by atoms with van der Waals surface area (Å²) in [6.07, 6.45) is 4.82. The highest BCUT2D eigenvalue weighted by Gasteiger charge is 2.13. The van der Waals surface area contributed by atoms with Crippen molar-refractivity contribution in [2.75, 3.05) is 0 Å². The number of rotatable bonds is 7. The summed E-state index contributed by atoms with van der Waals surface area (Å²) < 4.78 is 2.18. The number of imidazole rings is 1. The summed E-state index contributed by atoms with van der Waals surface area (Å²) in [5.74, 6) is 0.0290. The molecule has 4 rings (SSSR count). The van der Waals surface area contributed by atoms with Crippen LogP contribution in [0.15, 0.2) is 78.9 Å². The average molecular weight is 412 g/mol. The van der Waals surface area contributed by atoms with Crippen LogP contribution in [0.2, 0.25) is 0 Å². The van der Waals surface area contributed by atoms with Crippen molar-refractivity contribution in [3.63, 3.8) is 0 Å². The summed E-state index contributed by atoms with van der Waals surface area (Å²) in [6, 6.07) is 20.8. The van der Waals surface area contributed by atoms with Gasteiger partial charge in [0.2, 0.25) is 0 Å². The Morgan fingerprint density at radius 1 is 1.03 bits per heavy atom. The molecule has 31 heavy (non-hydrogen) atoms. The lowest BCUT2D eigenvalue weighted by Crippen LogP contribution is -2.05. The van der Waals surface area contributed by atoms with Crippen molar-refractivity contribution >= 4 is 17.0 Å². The van der Waals surface area contributed by atoms with Crippen LogP contribution in [0.25, 0.3) is 22.2 Å². The van der Waals surface area contributed by atoms with Gasteiger partial charge in [0, 0.05) is 13.0 Å². The minimum Gasteiger partial charge on any atom is -0.478 e. The second-order valence-electron chi connectivity index (χ2n) is 7.42. The summed E-state index contributed by atoms with van der Waals surface area (Å²) in [7, 11) is 0. The van der Waals surface area contributed by atoms with Crippen LogP contribution >= 0.6 is 0 Å². The summed E-state index contributed by atoms with van der Waals surface area (Å²) in [5.41, 5.74) is 5.71. The van der Waals surface area contributed by atoms with Crippen LogP contribution in [0.4, 0.5) is 0 Å². The Morgan fingerprint density at radius 2 is 1.77 bits per heavy atom. The van der Waals surface area contributed by atoms with E-state index in [1.807, 2.05) is 67.6 Å². The minimum atomic E-state index is -0.933. The van der Waals surface area contributed by atoms with E-state index < -0.39 is 5.97 Å². The van der Waals surface area contributed by atoms with Gasteiger partial charge in [-0.2, -0.15) is 0 Å². The van der Waals surface area contributed by atoms with Gasteiger partial charge in [-0.05, 0) is 47.4 Å². The fourth-order valence-electron chi connectivity index (χ4n) is 3.77. The summed E-state index contributed by atoms with van der Waals surface area (Å²) in [4.78, 5) is 16.3. The first kappa shape index (κ1) is 20.6. The Hall–Kier alpha value is -3.70. The van der Waals surface area contributed by atoms with Gasteiger partial charge in [0.15, 0.2) is 0 Å². The van der Waals surface area contributed by atoms with Gasteiger partial charge in [-0.1, -0.05) is 60.7 Å². The molecule has 0 amide bonds. The van der Waals surface area contributed by atoms with Crippen LogP contribution in [-0.4, -0.2) is 25.7 Å². The highest BCUT2D eigenvalue weighted by atomic mass is 16.4. The molecule has 0 atom stereocenters. The lowest BCUT2D eigenvalue weighted by molar-refractivity contribution is 0.0697. The van der Waals surface area contributed by atoms with Crippen LogP contribution in [0.3, 0.4) is 0 Å². The molecule has 1 heterocycles. The molecule has 0 bridgehead atoms. The Morgan fingerprint density at radius 3 is 2.48 bits per heavy atom. The second-order valence-corrected chi connectivity index (χ2v) is 7.42. The molecule has 5 heteroatoms.